The fourth-order valence-electron chi connectivity index (χ4n) is 7.99. The summed E-state index contributed by atoms with van der Waals surface area (Å²) >= 11 is 0. The van der Waals surface area contributed by atoms with E-state index in [0.717, 1.165) is 55.6 Å². The van der Waals surface area contributed by atoms with Crippen LogP contribution in [0.3, 0.4) is 0 Å². The summed E-state index contributed by atoms with van der Waals surface area (Å²) in [5.41, 5.74) is 10.6. The molecule has 8 aromatic carbocycles. The zero-order chi connectivity index (χ0) is 32.8. The Hall–Kier alpha value is -6.78. The third-order valence-corrected chi connectivity index (χ3v) is 10.2. The molecule has 0 radical (unpaired) electrons. The second-order valence-electron chi connectivity index (χ2n) is 12.9. The molecule has 0 aliphatic heterocycles. The van der Waals surface area contributed by atoms with Gasteiger partial charge < -0.3 is 8.98 Å². The van der Waals surface area contributed by atoms with Crippen LogP contribution in [-0.2, 0) is 0 Å². The van der Waals surface area contributed by atoms with Crippen LogP contribution in [0.1, 0.15) is 0 Å². The minimum absolute atomic E-state index is 0.665. The number of rotatable bonds is 4. The SMILES string of the molecule is c1ccc(-c2ccc(-c3nc(-c4ccccc4)nc4c3oc3cccc(-n5c6cccc7c8ccccc8c8cccc5c8c76)c34)cc2)cc1. The molecule has 0 saturated carbocycles. The Balaban J connectivity index is 1.23. The van der Waals surface area contributed by atoms with Crippen molar-refractivity contribution in [2.45, 2.75) is 0 Å². The van der Waals surface area contributed by atoms with Crippen molar-refractivity contribution in [3.63, 3.8) is 0 Å². The van der Waals surface area contributed by atoms with Gasteiger partial charge in [0.1, 0.15) is 16.8 Å². The van der Waals surface area contributed by atoms with Crippen LogP contribution in [0.5, 0.6) is 0 Å². The van der Waals surface area contributed by atoms with Crippen LogP contribution in [0.25, 0.3) is 105 Å². The van der Waals surface area contributed by atoms with Gasteiger partial charge >= 0.3 is 0 Å². The zero-order valence-electron chi connectivity index (χ0n) is 26.8. The van der Waals surface area contributed by atoms with Crippen LogP contribution in [0.2, 0.25) is 0 Å². The molecule has 0 spiro atoms. The number of nitrogens with zero attached hydrogens (tertiary/aromatic N) is 3. The molecule has 0 atom stereocenters. The molecule has 11 rings (SSSR count). The number of benzene rings is 8. The van der Waals surface area contributed by atoms with E-state index in [1.165, 1.54) is 37.9 Å². The molecule has 4 heteroatoms. The largest absolute Gasteiger partial charge is 0.452 e. The van der Waals surface area contributed by atoms with E-state index in [1.54, 1.807) is 0 Å². The van der Waals surface area contributed by atoms with Crippen molar-refractivity contribution in [3.05, 3.63) is 164 Å². The molecule has 0 amide bonds. The monoisotopic (exact) mass is 637 g/mol. The van der Waals surface area contributed by atoms with Crippen molar-refractivity contribution in [1.29, 1.82) is 0 Å². The minimum atomic E-state index is 0.665. The summed E-state index contributed by atoms with van der Waals surface area (Å²) in [6.07, 6.45) is 0. The number of fused-ring (bicyclic) bond motifs is 6. The summed E-state index contributed by atoms with van der Waals surface area (Å²) in [5, 5.41) is 8.59. The van der Waals surface area contributed by atoms with Crippen molar-refractivity contribution < 1.29 is 4.42 Å². The Labute approximate surface area is 286 Å². The van der Waals surface area contributed by atoms with Gasteiger partial charge in [-0.3, -0.25) is 0 Å². The molecular weight excluding hydrogens is 611 g/mol. The summed E-state index contributed by atoms with van der Waals surface area (Å²) in [6, 6.07) is 57.6. The average molecular weight is 638 g/mol. The highest BCUT2D eigenvalue weighted by atomic mass is 16.3. The summed E-state index contributed by atoms with van der Waals surface area (Å²) in [4.78, 5) is 10.5. The Bertz CT molecular complexity index is 2980. The second-order valence-corrected chi connectivity index (χ2v) is 12.9. The number of furan rings is 1. The predicted octanol–water partition coefficient (Wildman–Crippen LogP) is 12.2. The number of hydrogen-bond donors (Lipinski definition) is 0. The van der Waals surface area contributed by atoms with Gasteiger partial charge in [-0.1, -0.05) is 140 Å². The Kier molecular flexibility index (Phi) is 5.63. The van der Waals surface area contributed by atoms with E-state index in [4.69, 9.17) is 14.4 Å². The summed E-state index contributed by atoms with van der Waals surface area (Å²) < 4.78 is 9.18. The maximum absolute atomic E-state index is 6.78. The van der Waals surface area contributed by atoms with Crippen molar-refractivity contribution in [2.75, 3.05) is 0 Å². The molecule has 0 bridgehead atoms. The molecule has 0 N–H and O–H groups in total. The van der Waals surface area contributed by atoms with Gasteiger partial charge in [-0.05, 0) is 56.9 Å². The van der Waals surface area contributed by atoms with E-state index < -0.39 is 0 Å². The minimum Gasteiger partial charge on any atom is -0.452 e. The highest BCUT2D eigenvalue weighted by molar-refractivity contribution is 6.34. The van der Waals surface area contributed by atoms with E-state index in [2.05, 4.69) is 138 Å². The first-order valence-electron chi connectivity index (χ1n) is 16.9. The van der Waals surface area contributed by atoms with Crippen LogP contribution in [0, 0.1) is 0 Å². The standard InChI is InChI=1S/C46H27N3O/c1-3-12-28(13-4-1)29-24-26-30(27-25-29)43-45-44(48-46(47-43)31-14-5-2-6-15-31)42-38(22-11-23-39(42)50-45)49-36-20-9-18-34-32-16-7-8-17-33(32)35-19-10-21-37(49)41(35)40(34)36/h1-27H. The lowest BCUT2D eigenvalue weighted by Crippen LogP contribution is -1.96. The van der Waals surface area contributed by atoms with Gasteiger partial charge in [0.05, 0.1) is 22.1 Å². The Morgan fingerprint density at radius 2 is 0.940 bits per heavy atom. The molecule has 0 aliphatic rings. The zero-order valence-corrected chi connectivity index (χ0v) is 26.8. The Morgan fingerprint density at radius 3 is 1.60 bits per heavy atom. The summed E-state index contributed by atoms with van der Waals surface area (Å²) in [7, 11) is 0. The fraction of sp³-hybridized carbons (Fsp3) is 0. The van der Waals surface area contributed by atoms with Crippen LogP contribution in [0.4, 0.5) is 0 Å². The van der Waals surface area contributed by atoms with Gasteiger partial charge in [0, 0.05) is 21.9 Å². The lowest BCUT2D eigenvalue weighted by molar-refractivity contribution is 0.667. The summed E-state index contributed by atoms with van der Waals surface area (Å²) in [5.74, 6) is 0.665. The molecular formula is C46H27N3O. The van der Waals surface area contributed by atoms with Crippen LogP contribution < -0.4 is 0 Å². The fourth-order valence-corrected chi connectivity index (χ4v) is 7.99. The molecule has 0 unspecified atom stereocenters. The van der Waals surface area contributed by atoms with E-state index in [1.807, 2.05) is 30.3 Å². The lowest BCUT2D eigenvalue weighted by Gasteiger charge is -2.10. The first-order valence-corrected chi connectivity index (χ1v) is 16.9. The molecule has 3 heterocycles. The van der Waals surface area contributed by atoms with E-state index in [9.17, 15) is 0 Å². The third kappa shape index (κ3) is 3.81. The smallest absolute Gasteiger partial charge is 0.180 e. The Morgan fingerprint density at radius 1 is 0.400 bits per heavy atom. The first-order chi connectivity index (χ1) is 24.8. The molecule has 4 nitrogen and oxygen atoms in total. The normalized spacial score (nSPS) is 12.0. The highest BCUT2D eigenvalue weighted by Gasteiger charge is 2.24. The quantitative estimate of drug-likeness (QED) is 0.180. The van der Waals surface area contributed by atoms with Gasteiger partial charge in [-0.2, -0.15) is 0 Å². The van der Waals surface area contributed by atoms with Crippen LogP contribution in [-0.4, -0.2) is 14.5 Å². The van der Waals surface area contributed by atoms with Gasteiger partial charge in [0.15, 0.2) is 11.4 Å². The predicted molar refractivity (Wildman–Crippen MR) is 206 cm³/mol. The number of aromatic nitrogens is 3. The summed E-state index contributed by atoms with van der Waals surface area (Å²) in [6.45, 7) is 0. The van der Waals surface area contributed by atoms with Gasteiger partial charge in [0.2, 0.25) is 0 Å². The number of hydrogen-bond acceptors (Lipinski definition) is 3. The molecule has 11 aromatic rings. The van der Waals surface area contributed by atoms with E-state index in [-0.39, 0.29) is 0 Å². The highest BCUT2D eigenvalue weighted by Crippen LogP contribution is 2.46. The molecule has 0 aliphatic carbocycles. The second kappa shape index (κ2) is 10.4. The van der Waals surface area contributed by atoms with Crippen molar-refractivity contribution in [1.82, 2.24) is 14.5 Å². The maximum atomic E-state index is 6.78. The van der Waals surface area contributed by atoms with Crippen molar-refractivity contribution >= 4 is 65.4 Å². The lowest BCUT2D eigenvalue weighted by atomic mass is 9.95. The van der Waals surface area contributed by atoms with E-state index >= 15 is 0 Å². The molecule has 50 heavy (non-hydrogen) atoms. The van der Waals surface area contributed by atoms with Crippen molar-refractivity contribution in [2.24, 2.45) is 0 Å². The molecule has 232 valence electrons. The van der Waals surface area contributed by atoms with Gasteiger partial charge in [0.25, 0.3) is 0 Å². The van der Waals surface area contributed by atoms with Gasteiger partial charge in [-0.15, -0.1) is 0 Å². The van der Waals surface area contributed by atoms with Crippen molar-refractivity contribution in [3.8, 4) is 39.5 Å². The van der Waals surface area contributed by atoms with Gasteiger partial charge in [-0.25, -0.2) is 9.97 Å². The van der Waals surface area contributed by atoms with E-state index in [0.29, 0.717) is 11.4 Å². The van der Waals surface area contributed by atoms with Crippen LogP contribution >= 0.6 is 0 Å². The molecule has 3 aromatic heterocycles. The molecule has 0 fully saturated rings. The third-order valence-electron chi connectivity index (χ3n) is 10.2. The molecule has 0 saturated heterocycles. The first kappa shape index (κ1) is 27.2. The average Bonchev–Trinajstić information content (AvgIpc) is 3.75. The topological polar surface area (TPSA) is 43.9 Å². The maximum Gasteiger partial charge on any atom is 0.180 e. The van der Waals surface area contributed by atoms with Crippen LogP contribution in [0.15, 0.2) is 168 Å².